The fraction of sp³-hybridized carbons (Fsp3) is 0.350. The van der Waals surface area contributed by atoms with E-state index in [2.05, 4.69) is 9.62 Å². The number of rotatable bonds is 4. The molecule has 8 nitrogen and oxygen atoms in total. The normalized spacial score (nSPS) is 15.0. The summed E-state index contributed by atoms with van der Waals surface area (Å²) in [5.41, 5.74) is 2.78. The molecule has 0 radical (unpaired) electrons. The van der Waals surface area contributed by atoms with Gasteiger partial charge in [-0.2, -0.15) is 0 Å². The van der Waals surface area contributed by atoms with E-state index in [1.54, 1.807) is 43.8 Å². The van der Waals surface area contributed by atoms with Gasteiger partial charge in [-0.1, -0.05) is 17.7 Å². The standard InChI is InChI=1S/C20H23ClN4O4S/c1-13-14(21)5-4-6-19(13)30(27,28)22-15-11-17-18(24(3)20(26)23(17)2)12-16(15)25-7-9-29-10-8-25/h4-6,11-12,22H,7-10H2,1-3H3. The molecule has 10 heteroatoms. The van der Waals surface area contributed by atoms with Crippen LogP contribution in [0.2, 0.25) is 5.02 Å². The number of nitrogens with zero attached hydrogens (tertiary/aromatic N) is 3. The Hall–Kier alpha value is -2.49. The van der Waals surface area contributed by atoms with Crippen molar-refractivity contribution in [2.75, 3.05) is 35.9 Å². The van der Waals surface area contributed by atoms with Gasteiger partial charge in [-0.05, 0) is 36.8 Å². The third-order valence-electron chi connectivity index (χ3n) is 5.49. The van der Waals surface area contributed by atoms with Gasteiger partial charge in [0.2, 0.25) is 0 Å². The lowest BCUT2D eigenvalue weighted by Crippen LogP contribution is -2.36. The van der Waals surface area contributed by atoms with Gasteiger partial charge < -0.3 is 9.64 Å². The first-order chi connectivity index (χ1) is 14.2. The molecule has 0 amide bonds. The van der Waals surface area contributed by atoms with Crippen molar-refractivity contribution in [1.29, 1.82) is 0 Å². The van der Waals surface area contributed by atoms with E-state index in [-0.39, 0.29) is 10.6 Å². The molecule has 1 saturated heterocycles. The molecule has 0 atom stereocenters. The van der Waals surface area contributed by atoms with Gasteiger partial charge in [0.15, 0.2) is 0 Å². The number of sulfonamides is 1. The molecule has 1 aliphatic heterocycles. The highest BCUT2D eigenvalue weighted by atomic mass is 35.5. The highest BCUT2D eigenvalue weighted by Crippen LogP contribution is 2.34. The van der Waals surface area contributed by atoms with Crippen LogP contribution in [-0.2, 0) is 28.9 Å². The van der Waals surface area contributed by atoms with Crippen molar-refractivity contribution >= 4 is 44.0 Å². The van der Waals surface area contributed by atoms with Crippen LogP contribution in [0.5, 0.6) is 0 Å². The Labute approximate surface area is 179 Å². The zero-order valence-electron chi connectivity index (χ0n) is 17.0. The molecule has 0 saturated carbocycles. The van der Waals surface area contributed by atoms with E-state index >= 15 is 0 Å². The van der Waals surface area contributed by atoms with Gasteiger partial charge in [0.25, 0.3) is 10.0 Å². The molecule has 0 aliphatic carbocycles. The number of fused-ring (bicyclic) bond motifs is 1. The Kier molecular flexibility index (Phi) is 5.29. The SMILES string of the molecule is Cc1c(Cl)cccc1S(=O)(=O)Nc1cc2c(cc1N1CCOCC1)n(C)c(=O)n2C. The van der Waals surface area contributed by atoms with E-state index in [0.717, 1.165) is 5.52 Å². The summed E-state index contributed by atoms with van der Waals surface area (Å²) in [7, 11) is -0.533. The van der Waals surface area contributed by atoms with E-state index in [0.29, 0.717) is 53.8 Å². The second-order valence-corrected chi connectivity index (χ2v) is 9.38. The first-order valence-corrected chi connectivity index (χ1v) is 11.4. The molecule has 1 fully saturated rings. The summed E-state index contributed by atoms with van der Waals surface area (Å²) in [6, 6.07) is 8.34. The number of anilines is 2. The Bertz CT molecular complexity index is 1290. The van der Waals surface area contributed by atoms with Crippen molar-refractivity contribution in [1.82, 2.24) is 9.13 Å². The predicted molar refractivity (Wildman–Crippen MR) is 118 cm³/mol. The summed E-state index contributed by atoms with van der Waals surface area (Å²) in [5.74, 6) is 0. The maximum atomic E-state index is 13.2. The lowest BCUT2D eigenvalue weighted by molar-refractivity contribution is 0.123. The highest BCUT2D eigenvalue weighted by molar-refractivity contribution is 7.92. The maximum Gasteiger partial charge on any atom is 0.328 e. The summed E-state index contributed by atoms with van der Waals surface area (Å²) < 4.78 is 37.7. The van der Waals surface area contributed by atoms with Gasteiger partial charge in [0.1, 0.15) is 0 Å². The van der Waals surface area contributed by atoms with Crippen LogP contribution >= 0.6 is 11.6 Å². The number of aromatic nitrogens is 2. The molecule has 0 spiro atoms. The van der Waals surface area contributed by atoms with Crippen LogP contribution in [0.1, 0.15) is 5.56 Å². The molecule has 4 rings (SSSR count). The average molecular weight is 451 g/mol. The molecule has 1 N–H and O–H groups in total. The van der Waals surface area contributed by atoms with E-state index in [1.165, 1.54) is 10.6 Å². The van der Waals surface area contributed by atoms with E-state index in [1.807, 2.05) is 6.07 Å². The Morgan fingerprint density at radius 2 is 1.70 bits per heavy atom. The van der Waals surface area contributed by atoms with Gasteiger partial charge >= 0.3 is 5.69 Å². The average Bonchev–Trinajstić information content (AvgIpc) is 2.93. The van der Waals surface area contributed by atoms with Crippen LogP contribution in [0.25, 0.3) is 11.0 Å². The smallest absolute Gasteiger partial charge is 0.328 e. The second-order valence-electron chi connectivity index (χ2n) is 7.33. The number of aryl methyl sites for hydroxylation is 2. The second kappa shape index (κ2) is 7.64. The number of imidazole rings is 1. The van der Waals surface area contributed by atoms with E-state index in [4.69, 9.17) is 16.3 Å². The van der Waals surface area contributed by atoms with Gasteiger partial charge in [-0.25, -0.2) is 13.2 Å². The Balaban J connectivity index is 1.89. The summed E-state index contributed by atoms with van der Waals surface area (Å²) in [5, 5.41) is 0.382. The number of ether oxygens (including phenoxy) is 1. The Morgan fingerprint density at radius 3 is 2.37 bits per heavy atom. The molecule has 160 valence electrons. The Morgan fingerprint density at radius 1 is 1.07 bits per heavy atom. The molecule has 3 aromatic rings. The summed E-state index contributed by atoms with van der Waals surface area (Å²) in [6.07, 6.45) is 0. The molecule has 30 heavy (non-hydrogen) atoms. The van der Waals surface area contributed by atoms with Gasteiger partial charge in [-0.3, -0.25) is 13.9 Å². The van der Waals surface area contributed by atoms with Crippen LogP contribution < -0.4 is 15.3 Å². The number of morpholine rings is 1. The monoisotopic (exact) mass is 450 g/mol. The minimum atomic E-state index is -3.90. The van der Waals surface area contributed by atoms with Crippen molar-refractivity contribution in [3.63, 3.8) is 0 Å². The molecule has 0 bridgehead atoms. The zero-order valence-corrected chi connectivity index (χ0v) is 18.5. The fourth-order valence-corrected chi connectivity index (χ4v) is 5.32. The van der Waals surface area contributed by atoms with Crippen LogP contribution in [0, 0.1) is 6.92 Å². The lowest BCUT2D eigenvalue weighted by Gasteiger charge is -2.31. The van der Waals surface area contributed by atoms with Crippen molar-refractivity contribution in [3.8, 4) is 0 Å². The molecule has 2 heterocycles. The lowest BCUT2D eigenvalue weighted by atomic mass is 10.2. The third kappa shape index (κ3) is 3.46. The van der Waals surface area contributed by atoms with Crippen LogP contribution in [0.4, 0.5) is 11.4 Å². The molecule has 2 aromatic carbocycles. The quantitative estimate of drug-likeness (QED) is 0.660. The van der Waals surface area contributed by atoms with Gasteiger partial charge in [-0.15, -0.1) is 0 Å². The van der Waals surface area contributed by atoms with Gasteiger partial charge in [0.05, 0.1) is 40.5 Å². The van der Waals surface area contributed by atoms with Crippen molar-refractivity contribution < 1.29 is 13.2 Å². The fourth-order valence-electron chi connectivity index (χ4n) is 3.76. The van der Waals surface area contributed by atoms with Gasteiger partial charge in [0, 0.05) is 32.2 Å². The molecule has 1 aromatic heterocycles. The van der Waals surface area contributed by atoms with Crippen molar-refractivity contribution in [3.05, 3.63) is 51.4 Å². The topological polar surface area (TPSA) is 85.6 Å². The summed E-state index contributed by atoms with van der Waals surface area (Å²) in [6.45, 7) is 4.01. The van der Waals surface area contributed by atoms with E-state index < -0.39 is 10.0 Å². The molecule has 1 aliphatic rings. The molecular formula is C20H23ClN4O4S. The summed E-state index contributed by atoms with van der Waals surface area (Å²) >= 11 is 6.14. The first-order valence-electron chi connectivity index (χ1n) is 9.51. The van der Waals surface area contributed by atoms with Crippen LogP contribution in [0.3, 0.4) is 0 Å². The maximum absolute atomic E-state index is 13.2. The summed E-state index contributed by atoms with van der Waals surface area (Å²) in [4.78, 5) is 14.6. The van der Waals surface area contributed by atoms with E-state index in [9.17, 15) is 13.2 Å². The highest BCUT2D eigenvalue weighted by Gasteiger charge is 2.24. The number of benzene rings is 2. The minimum Gasteiger partial charge on any atom is -0.378 e. The largest absolute Gasteiger partial charge is 0.378 e. The third-order valence-corrected chi connectivity index (χ3v) is 7.41. The van der Waals surface area contributed by atoms with Crippen LogP contribution in [0.15, 0.2) is 40.0 Å². The number of nitrogens with one attached hydrogen (secondary N) is 1. The number of hydrogen-bond donors (Lipinski definition) is 1. The first kappa shape index (κ1) is 20.8. The van der Waals surface area contributed by atoms with Crippen molar-refractivity contribution in [2.24, 2.45) is 14.1 Å². The number of halogens is 1. The zero-order chi connectivity index (χ0) is 21.6. The molecular weight excluding hydrogens is 428 g/mol. The minimum absolute atomic E-state index is 0.116. The molecule has 0 unspecified atom stereocenters. The van der Waals surface area contributed by atoms with Crippen molar-refractivity contribution in [2.45, 2.75) is 11.8 Å². The van der Waals surface area contributed by atoms with Crippen LogP contribution in [-0.4, -0.2) is 43.9 Å². The predicted octanol–water partition coefficient (Wildman–Crippen LogP) is 2.48. The number of hydrogen-bond acceptors (Lipinski definition) is 5.